The van der Waals surface area contributed by atoms with E-state index in [-0.39, 0.29) is 10.6 Å². The van der Waals surface area contributed by atoms with Gasteiger partial charge in [0.2, 0.25) is 10.0 Å². The SMILES string of the molecule is COc1c(CCCl)cc(Br)cc1S(N)(=O)=O. The van der Waals surface area contributed by atoms with Crippen LogP contribution in [0.3, 0.4) is 0 Å². The van der Waals surface area contributed by atoms with Gasteiger partial charge in [-0.15, -0.1) is 11.6 Å². The first-order valence-corrected chi connectivity index (χ1v) is 7.22. The largest absolute Gasteiger partial charge is 0.495 e. The van der Waals surface area contributed by atoms with Gasteiger partial charge in [0.05, 0.1) is 7.11 Å². The highest BCUT2D eigenvalue weighted by molar-refractivity contribution is 9.10. The Morgan fingerprint density at radius 1 is 1.50 bits per heavy atom. The molecule has 16 heavy (non-hydrogen) atoms. The van der Waals surface area contributed by atoms with Crippen molar-refractivity contribution in [2.75, 3.05) is 13.0 Å². The van der Waals surface area contributed by atoms with E-state index < -0.39 is 10.0 Å². The second kappa shape index (κ2) is 5.35. The monoisotopic (exact) mass is 327 g/mol. The molecule has 2 N–H and O–H groups in total. The highest BCUT2D eigenvalue weighted by Gasteiger charge is 2.19. The number of aryl methyl sites for hydroxylation is 1. The maximum Gasteiger partial charge on any atom is 0.241 e. The molecule has 0 atom stereocenters. The van der Waals surface area contributed by atoms with E-state index in [1.807, 2.05) is 0 Å². The third kappa shape index (κ3) is 3.10. The number of hydrogen-bond donors (Lipinski definition) is 1. The Labute approximate surface area is 108 Å². The molecule has 0 amide bonds. The Hall–Kier alpha value is -0.300. The van der Waals surface area contributed by atoms with Crippen molar-refractivity contribution < 1.29 is 13.2 Å². The van der Waals surface area contributed by atoms with Crippen LogP contribution >= 0.6 is 27.5 Å². The van der Waals surface area contributed by atoms with Gasteiger partial charge in [-0.3, -0.25) is 0 Å². The molecule has 0 spiro atoms. The lowest BCUT2D eigenvalue weighted by Crippen LogP contribution is -2.14. The highest BCUT2D eigenvalue weighted by atomic mass is 79.9. The van der Waals surface area contributed by atoms with E-state index in [4.69, 9.17) is 21.5 Å². The molecule has 4 nitrogen and oxygen atoms in total. The fourth-order valence-electron chi connectivity index (χ4n) is 1.35. The van der Waals surface area contributed by atoms with Crippen LogP contribution in [-0.4, -0.2) is 21.4 Å². The molecular formula is C9H11BrClNO3S. The Bertz CT molecular complexity index is 490. The van der Waals surface area contributed by atoms with E-state index in [1.54, 1.807) is 6.07 Å². The van der Waals surface area contributed by atoms with E-state index in [0.29, 0.717) is 22.3 Å². The van der Waals surface area contributed by atoms with Crippen molar-refractivity contribution in [1.29, 1.82) is 0 Å². The van der Waals surface area contributed by atoms with Gasteiger partial charge >= 0.3 is 0 Å². The van der Waals surface area contributed by atoms with Crippen LogP contribution in [0.2, 0.25) is 0 Å². The average molecular weight is 329 g/mol. The third-order valence-corrected chi connectivity index (χ3v) is 3.53. The average Bonchev–Trinajstić information content (AvgIpc) is 2.16. The van der Waals surface area contributed by atoms with Gasteiger partial charge in [-0.05, 0) is 24.1 Å². The summed E-state index contributed by atoms with van der Waals surface area (Å²) in [5.41, 5.74) is 0.705. The summed E-state index contributed by atoms with van der Waals surface area (Å²) >= 11 is 8.85. The van der Waals surface area contributed by atoms with Crippen molar-refractivity contribution in [3.8, 4) is 5.75 Å². The lowest BCUT2D eigenvalue weighted by atomic mass is 10.1. The van der Waals surface area contributed by atoms with Crippen LogP contribution in [0.15, 0.2) is 21.5 Å². The van der Waals surface area contributed by atoms with Gasteiger partial charge in [0, 0.05) is 10.4 Å². The molecule has 7 heteroatoms. The summed E-state index contributed by atoms with van der Waals surface area (Å²) in [5.74, 6) is 0.628. The van der Waals surface area contributed by atoms with Crippen molar-refractivity contribution in [1.82, 2.24) is 0 Å². The molecule has 0 aliphatic rings. The molecule has 0 heterocycles. The number of primary sulfonamides is 1. The molecule has 0 aliphatic carbocycles. The second-order valence-electron chi connectivity index (χ2n) is 3.08. The predicted octanol–water partition coefficient (Wildman–Crippen LogP) is 1.89. The lowest BCUT2D eigenvalue weighted by molar-refractivity contribution is 0.398. The first-order chi connectivity index (χ1) is 7.40. The molecule has 90 valence electrons. The molecule has 0 aliphatic heterocycles. The summed E-state index contributed by atoms with van der Waals surface area (Å²) in [4.78, 5) is -0.0375. The van der Waals surface area contributed by atoms with Crippen LogP contribution in [0.1, 0.15) is 5.56 Å². The molecule has 1 aromatic rings. The van der Waals surface area contributed by atoms with E-state index in [1.165, 1.54) is 13.2 Å². The molecule has 0 radical (unpaired) electrons. The van der Waals surface area contributed by atoms with Crippen LogP contribution in [0.5, 0.6) is 5.75 Å². The van der Waals surface area contributed by atoms with Crippen molar-refractivity contribution in [3.05, 3.63) is 22.2 Å². The number of benzene rings is 1. The fourth-order valence-corrected chi connectivity index (χ4v) is 2.98. The molecule has 0 aromatic heterocycles. The van der Waals surface area contributed by atoms with Gasteiger partial charge in [-0.1, -0.05) is 15.9 Å². The standard InChI is InChI=1S/C9H11BrClNO3S/c1-15-9-6(2-3-11)4-7(10)5-8(9)16(12,13)14/h4-5H,2-3H2,1H3,(H2,12,13,14). The Kier molecular flexibility index (Phi) is 4.61. The van der Waals surface area contributed by atoms with Gasteiger partial charge in [-0.2, -0.15) is 0 Å². The fraction of sp³-hybridized carbons (Fsp3) is 0.333. The molecule has 0 saturated heterocycles. The maximum absolute atomic E-state index is 11.4. The van der Waals surface area contributed by atoms with Crippen molar-refractivity contribution >= 4 is 37.6 Å². The zero-order chi connectivity index (χ0) is 12.3. The molecule has 1 rings (SSSR count). The summed E-state index contributed by atoms with van der Waals surface area (Å²) in [6.07, 6.45) is 0.507. The lowest BCUT2D eigenvalue weighted by Gasteiger charge is -2.12. The first kappa shape index (κ1) is 13.8. The maximum atomic E-state index is 11.4. The minimum Gasteiger partial charge on any atom is -0.495 e. The van der Waals surface area contributed by atoms with E-state index in [2.05, 4.69) is 15.9 Å². The molecule has 0 bridgehead atoms. The smallest absolute Gasteiger partial charge is 0.241 e. The summed E-state index contributed by atoms with van der Waals surface area (Å²) in [5, 5.41) is 5.11. The summed E-state index contributed by atoms with van der Waals surface area (Å²) in [7, 11) is -2.41. The zero-order valence-corrected chi connectivity index (χ0v) is 11.7. The molecule has 0 fully saturated rings. The Morgan fingerprint density at radius 3 is 2.56 bits per heavy atom. The van der Waals surface area contributed by atoms with Crippen LogP contribution in [0.25, 0.3) is 0 Å². The molecule has 1 aromatic carbocycles. The van der Waals surface area contributed by atoms with Gasteiger partial charge < -0.3 is 4.74 Å². The minimum absolute atomic E-state index is 0.0375. The first-order valence-electron chi connectivity index (χ1n) is 4.35. The number of sulfonamides is 1. The van der Waals surface area contributed by atoms with Crippen molar-refractivity contribution in [2.45, 2.75) is 11.3 Å². The zero-order valence-electron chi connectivity index (χ0n) is 8.54. The van der Waals surface area contributed by atoms with Gasteiger partial charge in [0.15, 0.2) is 0 Å². The molecule has 0 unspecified atom stereocenters. The summed E-state index contributed by atoms with van der Waals surface area (Å²) in [6, 6.07) is 3.17. The van der Waals surface area contributed by atoms with Gasteiger partial charge in [-0.25, -0.2) is 13.6 Å². The minimum atomic E-state index is -3.81. The normalized spacial score (nSPS) is 11.5. The van der Waals surface area contributed by atoms with Crippen LogP contribution in [-0.2, 0) is 16.4 Å². The number of methoxy groups -OCH3 is 1. The quantitative estimate of drug-likeness (QED) is 0.858. The number of ether oxygens (including phenoxy) is 1. The Balaban J connectivity index is 3.48. The van der Waals surface area contributed by atoms with E-state index in [9.17, 15) is 8.42 Å². The highest BCUT2D eigenvalue weighted by Crippen LogP contribution is 2.31. The van der Waals surface area contributed by atoms with Gasteiger partial charge in [0.25, 0.3) is 0 Å². The number of halogens is 2. The predicted molar refractivity (Wildman–Crippen MR) is 66.5 cm³/mol. The van der Waals surface area contributed by atoms with Crippen molar-refractivity contribution in [2.24, 2.45) is 5.14 Å². The third-order valence-electron chi connectivity index (χ3n) is 1.97. The van der Waals surface area contributed by atoms with Crippen LogP contribution < -0.4 is 9.88 Å². The molecule has 0 saturated carbocycles. The Morgan fingerprint density at radius 2 is 2.12 bits per heavy atom. The number of rotatable bonds is 4. The van der Waals surface area contributed by atoms with Crippen LogP contribution in [0, 0.1) is 0 Å². The summed E-state index contributed by atoms with van der Waals surface area (Å²) < 4.78 is 28.4. The van der Waals surface area contributed by atoms with E-state index >= 15 is 0 Å². The number of alkyl halides is 1. The summed E-state index contributed by atoms with van der Waals surface area (Å²) in [6.45, 7) is 0. The van der Waals surface area contributed by atoms with E-state index in [0.717, 1.165) is 0 Å². The second-order valence-corrected chi connectivity index (χ2v) is 5.90. The molecular weight excluding hydrogens is 318 g/mol. The van der Waals surface area contributed by atoms with Crippen LogP contribution in [0.4, 0.5) is 0 Å². The van der Waals surface area contributed by atoms with Crippen molar-refractivity contribution in [3.63, 3.8) is 0 Å². The van der Waals surface area contributed by atoms with Gasteiger partial charge in [0.1, 0.15) is 10.6 Å². The number of nitrogens with two attached hydrogens (primary N) is 1. The number of hydrogen-bond acceptors (Lipinski definition) is 3. The topological polar surface area (TPSA) is 69.4 Å².